The number of hydrogen-bond donors (Lipinski definition) is 5. The summed E-state index contributed by atoms with van der Waals surface area (Å²) >= 11 is 0. The second-order valence-corrected chi connectivity index (χ2v) is 10.6. The Labute approximate surface area is 230 Å². The van der Waals surface area contributed by atoms with Gasteiger partial charge in [0.1, 0.15) is 11.5 Å². The van der Waals surface area contributed by atoms with Gasteiger partial charge in [-0.3, -0.25) is 24.1 Å². The van der Waals surface area contributed by atoms with Crippen LogP contribution in [0.2, 0.25) is 0 Å². The fourth-order valence-corrected chi connectivity index (χ4v) is 6.69. The van der Waals surface area contributed by atoms with Crippen molar-refractivity contribution in [3.05, 3.63) is 39.2 Å². The van der Waals surface area contributed by atoms with Gasteiger partial charge < -0.3 is 35.5 Å². The van der Waals surface area contributed by atoms with Gasteiger partial charge in [0.2, 0.25) is 11.8 Å². The number of carbonyl (C=O) groups is 3. The molecule has 13 nitrogen and oxygen atoms in total. The average Bonchev–Trinajstić information content (AvgIpc) is 2.92. The van der Waals surface area contributed by atoms with E-state index in [0.29, 0.717) is 27.1 Å². The number of amides is 1. The molecular weight excluding hydrogens is 536 g/mol. The molecule has 2 aliphatic rings. The lowest BCUT2D eigenvalue weighted by Gasteiger charge is -2.48. The molecule has 0 spiro atoms. The van der Waals surface area contributed by atoms with Gasteiger partial charge in [-0.1, -0.05) is 0 Å². The first-order valence-electron chi connectivity index (χ1n) is 12.6. The van der Waals surface area contributed by atoms with E-state index in [-0.39, 0.29) is 34.5 Å². The molecule has 1 saturated carbocycles. The van der Waals surface area contributed by atoms with Crippen LogP contribution in [-0.2, 0) is 20.8 Å². The Morgan fingerprint density at radius 1 is 1.10 bits per heavy atom. The number of likely N-dealkylation sites (N-methyl/N-ethyl adjacent to an activating group) is 1. The number of nitrogens with zero attached hydrogens (tertiary/aromatic N) is 2. The van der Waals surface area contributed by atoms with Crippen LogP contribution in [0.5, 0.6) is 17.6 Å². The van der Waals surface area contributed by atoms with Crippen molar-refractivity contribution in [3.63, 3.8) is 0 Å². The quantitative estimate of drug-likeness (QED) is 0.121. The van der Waals surface area contributed by atoms with Gasteiger partial charge in [0.05, 0.1) is 41.8 Å². The van der Waals surface area contributed by atoms with Gasteiger partial charge in [-0.2, -0.15) is 4.98 Å². The van der Waals surface area contributed by atoms with E-state index in [1.54, 1.807) is 12.1 Å². The van der Waals surface area contributed by atoms with Crippen molar-refractivity contribution >= 4 is 55.7 Å². The highest BCUT2D eigenvalue weighted by Gasteiger charge is 2.64. The summed E-state index contributed by atoms with van der Waals surface area (Å²) in [6.07, 6.45) is -0.186. The summed E-state index contributed by atoms with van der Waals surface area (Å²) in [5.41, 5.74) is 2.82. The van der Waals surface area contributed by atoms with Crippen LogP contribution in [0.4, 0.5) is 0 Å². The number of nitrogens with one attached hydrogen (secondary N) is 1. The third kappa shape index (κ3) is 3.21. The molecule has 4 atom stereocenters. The third-order valence-electron chi connectivity index (χ3n) is 8.40. The number of ether oxygens (including phenoxy) is 2. The van der Waals surface area contributed by atoms with Crippen molar-refractivity contribution in [2.75, 3.05) is 28.3 Å². The number of Topliss-reactive ketones (excluding diaryl/α,β-unsaturated/α-hetero) is 2. The molecule has 1 unspecified atom stereocenters. The molecule has 1 aromatic heterocycles. The highest BCUT2D eigenvalue weighted by atomic mass is 16.5. The van der Waals surface area contributed by atoms with E-state index in [4.69, 9.17) is 15.2 Å². The van der Waals surface area contributed by atoms with Crippen molar-refractivity contribution in [3.8, 4) is 17.6 Å². The number of ketones is 2. The van der Waals surface area contributed by atoms with Crippen LogP contribution in [0.15, 0.2) is 23.0 Å². The maximum atomic E-state index is 13.5. The van der Waals surface area contributed by atoms with Crippen LogP contribution in [-0.4, -0.2) is 87.6 Å². The Morgan fingerprint density at radius 3 is 2.41 bits per heavy atom. The lowest BCUT2D eigenvalue weighted by Crippen LogP contribution is -2.70. The fraction of sp³-hybridized carbons (Fsp3) is 0.321. The standard InChI is InChI=1S/C28H26N4O9/c1-32(2)20-12-7-10-11-8-13-16(26(40-3)31-27(30-13)41-4)9-5-6-14(33)18(15(9)11)21(34)17(10)23(36)28(12,39)24(37)19(22(20)35)25(29)38/h5-6,8,12,19-20,34,36,39H,7H2,1-4H3,(H2,29,38)(H,30,31)/t12-,19?,20-,28-/m0/s1. The molecule has 1 amide bonds. The molecule has 1 fully saturated rings. The summed E-state index contributed by atoms with van der Waals surface area (Å²) in [5.74, 6) is -8.06. The minimum absolute atomic E-state index is 0.127. The van der Waals surface area contributed by atoms with E-state index in [1.807, 2.05) is 0 Å². The number of primary amides is 1. The Hall–Kier alpha value is -4.75. The molecule has 0 saturated heterocycles. The number of nitrogens with two attached hydrogens (primary N) is 1. The second-order valence-electron chi connectivity index (χ2n) is 10.6. The predicted molar refractivity (Wildman–Crippen MR) is 146 cm³/mol. The number of phenolic OH excluding ortho intramolecular Hbond substituents is 1. The Kier molecular flexibility index (Phi) is 5.57. The number of aliphatic hydroxyl groups excluding tert-OH is 1. The smallest absolute Gasteiger partial charge is 0.297 e. The van der Waals surface area contributed by atoms with Crippen molar-refractivity contribution in [2.45, 2.75) is 18.1 Å². The number of H-pyrrole nitrogens is 1. The number of benzene rings is 3. The molecule has 212 valence electrons. The molecule has 6 N–H and O–H groups in total. The van der Waals surface area contributed by atoms with Crippen LogP contribution in [0, 0.1) is 11.8 Å². The summed E-state index contributed by atoms with van der Waals surface area (Å²) in [4.78, 5) is 61.1. The minimum Gasteiger partial charge on any atom is -0.508 e. The normalized spacial score (nSPS) is 24.2. The summed E-state index contributed by atoms with van der Waals surface area (Å²) in [6.45, 7) is 0. The second kappa shape index (κ2) is 8.62. The number of aromatic nitrogens is 2. The maximum Gasteiger partial charge on any atom is 0.297 e. The number of hydrogen-bond acceptors (Lipinski definition) is 11. The van der Waals surface area contributed by atoms with Gasteiger partial charge >= 0.3 is 0 Å². The first kappa shape index (κ1) is 26.5. The van der Waals surface area contributed by atoms with E-state index >= 15 is 0 Å². The van der Waals surface area contributed by atoms with Gasteiger partial charge in [-0.25, -0.2) is 0 Å². The van der Waals surface area contributed by atoms with Crippen LogP contribution in [0.3, 0.4) is 0 Å². The number of rotatable bonds is 4. The van der Waals surface area contributed by atoms with Gasteiger partial charge in [0.25, 0.3) is 6.01 Å². The SMILES string of the molecule is COc1nc(OC)c2c(cc3c4c(c(O)c5c(=O)ccc2c35)=C(O)[C@]2(O)C(=O)C(C(N)=O)C(=O)[C@@H](N(C)C)[C@@H]2C4)[nH]1. The number of aromatic hydroxyl groups is 1. The van der Waals surface area contributed by atoms with Gasteiger partial charge in [0, 0.05) is 11.3 Å². The van der Waals surface area contributed by atoms with Crippen LogP contribution in [0.25, 0.3) is 38.2 Å². The summed E-state index contributed by atoms with van der Waals surface area (Å²) < 4.78 is 10.8. The molecule has 6 rings (SSSR count). The zero-order chi connectivity index (χ0) is 29.7. The van der Waals surface area contributed by atoms with Crippen LogP contribution in [0.1, 0.15) is 5.56 Å². The fourth-order valence-electron chi connectivity index (χ4n) is 6.69. The van der Waals surface area contributed by atoms with Crippen molar-refractivity contribution in [1.29, 1.82) is 0 Å². The summed E-state index contributed by atoms with van der Waals surface area (Å²) in [5, 5.41) is 36.2. The van der Waals surface area contributed by atoms with Gasteiger partial charge in [-0.05, 0) is 55.1 Å². The largest absolute Gasteiger partial charge is 0.508 e. The van der Waals surface area contributed by atoms with E-state index in [1.165, 1.54) is 39.3 Å². The molecule has 0 bridgehead atoms. The van der Waals surface area contributed by atoms with Crippen molar-refractivity contribution in [2.24, 2.45) is 17.6 Å². The molecule has 0 radical (unpaired) electrons. The first-order valence-corrected chi connectivity index (χ1v) is 12.6. The molecule has 13 heteroatoms. The Morgan fingerprint density at radius 2 is 1.80 bits per heavy atom. The monoisotopic (exact) mass is 562 g/mol. The average molecular weight is 563 g/mol. The molecular formula is C28H26N4O9. The highest BCUT2D eigenvalue weighted by molar-refractivity contribution is 6.27. The van der Waals surface area contributed by atoms with E-state index in [0.717, 1.165) is 0 Å². The van der Waals surface area contributed by atoms with Crippen molar-refractivity contribution in [1.82, 2.24) is 14.9 Å². The zero-order valence-electron chi connectivity index (χ0n) is 22.4. The Balaban J connectivity index is 1.83. The number of aromatic amines is 1. The highest BCUT2D eigenvalue weighted by Crippen LogP contribution is 2.46. The molecule has 1 heterocycles. The molecule has 4 aromatic rings. The molecule has 2 aliphatic carbocycles. The number of phenols is 1. The lowest BCUT2D eigenvalue weighted by molar-refractivity contribution is -0.163. The molecule has 3 aromatic carbocycles. The number of methoxy groups -OCH3 is 2. The number of fused-ring (bicyclic) bond motifs is 5. The van der Waals surface area contributed by atoms with E-state index in [9.17, 15) is 34.5 Å². The topological polar surface area (TPSA) is 205 Å². The minimum atomic E-state index is -2.75. The third-order valence-corrected chi connectivity index (χ3v) is 8.40. The first-order chi connectivity index (χ1) is 19.4. The number of aliphatic hydroxyl groups is 2. The zero-order valence-corrected chi connectivity index (χ0v) is 22.4. The maximum absolute atomic E-state index is 13.5. The lowest BCUT2D eigenvalue weighted by atomic mass is 9.60. The van der Waals surface area contributed by atoms with E-state index < -0.39 is 57.9 Å². The van der Waals surface area contributed by atoms with Crippen LogP contribution >= 0.6 is 0 Å². The van der Waals surface area contributed by atoms with Crippen LogP contribution < -0.4 is 25.9 Å². The Bertz CT molecular complexity index is 1980. The van der Waals surface area contributed by atoms with Gasteiger partial charge in [0.15, 0.2) is 28.5 Å². The van der Waals surface area contributed by atoms with E-state index in [2.05, 4.69) is 9.97 Å². The molecule has 0 aliphatic heterocycles. The number of carbonyl (C=O) groups excluding carboxylic acids is 3. The molecule has 41 heavy (non-hydrogen) atoms. The summed E-state index contributed by atoms with van der Waals surface area (Å²) in [6, 6.07) is 3.39. The predicted octanol–water partition coefficient (Wildman–Crippen LogP) is -0.576. The van der Waals surface area contributed by atoms with Gasteiger partial charge in [-0.15, -0.1) is 0 Å². The summed E-state index contributed by atoms with van der Waals surface area (Å²) in [7, 11) is 5.91. The van der Waals surface area contributed by atoms with Crippen molar-refractivity contribution < 1.29 is 39.2 Å².